The van der Waals surface area contributed by atoms with Gasteiger partial charge < -0.3 is 4.74 Å². The molecule has 0 aliphatic heterocycles. The lowest BCUT2D eigenvalue weighted by Crippen LogP contribution is -2.43. The van der Waals surface area contributed by atoms with Crippen LogP contribution in [0.3, 0.4) is 0 Å². The first-order chi connectivity index (χ1) is 13.5. The molecule has 1 fully saturated rings. The van der Waals surface area contributed by atoms with Crippen LogP contribution in [0.15, 0.2) is 35.2 Å². The largest absolute Gasteiger partial charge is 0.469 e. The summed E-state index contributed by atoms with van der Waals surface area (Å²) < 4.78 is 57.1. The minimum Gasteiger partial charge on any atom is -0.469 e. The summed E-state index contributed by atoms with van der Waals surface area (Å²) in [5.41, 5.74) is -1.60. The van der Waals surface area contributed by atoms with E-state index >= 15 is 0 Å². The summed E-state index contributed by atoms with van der Waals surface area (Å²) in [4.78, 5) is 18.0. The van der Waals surface area contributed by atoms with Gasteiger partial charge in [0.1, 0.15) is 11.9 Å². The van der Waals surface area contributed by atoms with Gasteiger partial charge in [-0.25, -0.2) is 22.2 Å². The van der Waals surface area contributed by atoms with Crippen molar-refractivity contribution in [3.05, 3.63) is 52.0 Å². The van der Waals surface area contributed by atoms with Gasteiger partial charge in [0.15, 0.2) is 5.69 Å². The van der Waals surface area contributed by atoms with Crippen LogP contribution < -0.4 is 4.74 Å². The Balaban J connectivity index is 2.10. The van der Waals surface area contributed by atoms with Crippen molar-refractivity contribution >= 4 is 15.5 Å². The third-order valence-electron chi connectivity index (χ3n) is 4.25. The number of nitrogens with zero attached hydrogens (tertiary/aromatic N) is 4. The SMILES string of the molecule is Cc1nc(OC2CC(F)(F)C2)c([N+](=O)[O-])c(C(C#N)S(=O)(=O)c2ccccc2)n1. The number of aromatic nitrogens is 2. The maximum Gasteiger partial charge on any atom is 0.354 e. The van der Waals surface area contributed by atoms with Crippen LogP contribution in [-0.4, -0.2) is 35.3 Å². The van der Waals surface area contributed by atoms with E-state index in [1.165, 1.54) is 31.2 Å². The first-order valence-electron chi connectivity index (χ1n) is 8.31. The van der Waals surface area contributed by atoms with Crippen molar-refractivity contribution in [2.45, 2.75) is 41.9 Å². The predicted molar refractivity (Wildman–Crippen MR) is 94.0 cm³/mol. The number of rotatable bonds is 6. The van der Waals surface area contributed by atoms with Crippen molar-refractivity contribution in [3.8, 4) is 11.9 Å². The third-order valence-corrected chi connectivity index (χ3v) is 6.13. The lowest BCUT2D eigenvalue weighted by Gasteiger charge is -2.34. The highest BCUT2D eigenvalue weighted by atomic mass is 32.2. The molecule has 12 heteroatoms. The molecule has 0 saturated heterocycles. The molecule has 1 aromatic heterocycles. The summed E-state index contributed by atoms with van der Waals surface area (Å²) in [6.07, 6.45) is -2.31. The lowest BCUT2D eigenvalue weighted by molar-refractivity contribution is -0.387. The zero-order valence-corrected chi connectivity index (χ0v) is 15.8. The van der Waals surface area contributed by atoms with Gasteiger partial charge >= 0.3 is 5.69 Å². The summed E-state index contributed by atoms with van der Waals surface area (Å²) in [7, 11) is -4.36. The highest BCUT2D eigenvalue weighted by molar-refractivity contribution is 7.92. The summed E-state index contributed by atoms with van der Waals surface area (Å²) in [6.45, 7) is 1.32. The van der Waals surface area contributed by atoms with Gasteiger partial charge in [-0.1, -0.05) is 18.2 Å². The number of alkyl halides is 2. The average Bonchev–Trinajstić information content (AvgIpc) is 2.60. The maximum absolute atomic E-state index is 13.1. The van der Waals surface area contributed by atoms with E-state index in [0.29, 0.717) is 0 Å². The fraction of sp³-hybridized carbons (Fsp3) is 0.353. The topological polar surface area (TPSA) is 136 Å². The van der Waals surface area contributed by atoms with Crippen LogP contribution >= 0.6 is 0 Å². The molecule has 0 amide bonds. The highest BCUT2D eigenvalue weighted by Crippen LogP contribution is 2.43. The molecule has 0 N–H and O–H groups in total. The zero-order valence-electron chi connectivity index (χ0n) is 14.9. The Hall–Kier alpha value is -3.20. The number of hydrogen-bond donors (Lipinski definition) is 0. The van der Waals surface area contributed by atoms with E-state index in [-0.39, 0.29) is 10.7 Å². The van der Waals surface area contributed by atoms with E-state index < -0.39 is 62.1 Å². The number of nitro groups is 1. The van der Waals surface area contributed by atoms with Crippen LogP contribution in [0.1, 0.15) is 29.6 Å². The summed E-state index contributed by atoms with van der Waals surface area (Å²) in [5.74, 6) is -3.67. The highest BCUT2D eigenvalue weighted by Gasteiger charge is 2.48. The van der Waals surface area contributed by atoms with E-state index in [4.69, 9.17) is 4.74 Å². The van der Waals surface area contributed by atoms with Gasteiger partial charge in [0, 0.05) is 12.8 Å². The van der Waals surface area contributed by atoms with Gasteiger partial charge in [0.05, 0.1) is 15.9 Å². The second-order valence-corrected chi connectivity index (χ2v) is 8.47. The number of aryl methyl sites for hydroxylation is 1. The van der Waals surface area contributed by atoms with Crippen molar-refractivity contribution in [2.75, 3.05) is 0 Å². The van der Waals surface area contributed by atoms with E-state index in [1.807, 2.05) is 0 Å². The van der Waals surface area contributed by atoms with Crippen LogP contribution in [0.4, 0.5) is 14.5 Å². The van der Waals surface area contributed by atoms with Crippen molar-refractivity contribution in [3.63, 3.8) is 0 Å². The Morgan fingerprint density at radius 2 is 1.93 bits per heavy atom. The first-order valence-corrected chi connectivity index (χ1v) is 9.86. The minimum absolute atomic E-state index is 0.102. The average molecular weight is 424 g/mol. The molecule has 2 aromatic rings. The van der Waals surface area contributed by atoms with Gasteiger partial charge in [-0.3, -0.25) is 10.1 Å². The van der Waals surface area contributed by atoms with Gasteiger partial charge in [-0.2, -0.15) is 10.2 Å². The van der Waals surface area contributed by atoms with Crippen molar-refractivity contribution in [1.82, 2.24) is 9.97 Å². The molecular weight excluding hydrogens is 410 g/mol. The third kappa shape index (κ3) is 4.00. The van der Waals surface area contributed by atoms with E-state index in [0.717, 1.165) is 0 Å². The molecule has 0 bridgehead atoms. The zero-order chi connectivity index (χ0) is 21.4. The van der Waals surface area contributed by atoms with Gasteiger partial charge in [0.2, 0.25) is 15.1 Å². The second kappa shape index (κ2) is 7.32. The first kappa shape index (κ1) is 20.5. The van der Waals surface area contributed by atoms with Crippen LogP contribution in [-0.2, 0) is 9.84 Å². The number of sulfone groups is 1. The molecule has 1 aliphatic carbocycles. The molecule has 152 valence electrons. The number of nitriles is 1. The molecule has 1 aromatic carbocycles. The second-order valence-electron chi connectivity index (χ2n) is 6.44. The minimum atomic E-state index is -4.36. The standard InChI is InChI=1S/C17H14F2N4O5S/c1-10-21-14(13(9-20)29(26,27)12-5-3-2-4-6-12)15(23(24)25)16(22-10)28-11-7-17(18,19)8-11/h2-6,11,13H,7-8H2,1H3. The Bertz CT molecular complexity index is 1090. The van der Waals surface area contributed by atoms with Crippen molar-refractivity contribution in [1.29, 1.82) is 5.26 Å². The van der Waals surface area contributed by atoms with Gasteiger partial charge in [0.25, 0.3) is 11.8 Å². The quantitative estimate of drug-likeness (QED) is 0.510. The van der Waals surface area contributed by atoms with E-state index in [9.17, 15) is 32.6 Å². The Kier molecular flexibility index (Phi) is 5.18. The number of hydrogen-bond acceptors (Lipinski definition) is 8. The predicted octanol–water partition coefficient (Wildman–Crippen LogP) is 2.91. The fourth-order valence-electron chi connectivity index (χ4n) is 2.87. The molecule has 9 nitrogen and oxygen atoms in total. The van der Waals surface area contributed by atoms with Crippen molar-refractivity contribution < 1.29 is 26.9 Å². The smallest absolute Gasteiger partial charge is 0.354 e. The molecule has 1 aliphatic rings. The number of halogens is 2. The summed E-state index contributed by atoms with van der Waals surface area (Å²) >= 11 is 0. The van der Waals surface area contributed by atoms with Gasteiger partial charge in [-0.05, 0) is 19.1 Å². The molecular formula is C17H14F2N4O5S. The maximum atomic E-state index is 13.1. The van der Waals surface area contributed by atoms with Crippen LogP contribution in [0, 0.1) is 28.4 Å². The fourth-order valence-corrected chi connectivity index (χ4v) is 4.28. The van der Waals surface area contributed by atoms with E-state index in [1.54, 1.807) is 12.1 Å². The molecule has 29 heavy (non-hydrogen) atoms. The number of ether oxygens (including phenoxy) is 1. The molecule has 1 unspecified atom stereocenters. The van der Waals surface area contributed by atoms with Crippen molar-refractivity contribution in [2.24, 2.45) is 0 Å². The van der Waals surface area contributed by atoms with Crippen LogP contribution in [0.5, 0.6) is 5.88 Å². The molecule has 1 atom stereocenters. The van der Waals surface area contributed by atoms with E-state index in [2.05, 4.69) is 9.97 Å². The molecule has 1 saturated carbocycles. The monoisotopic (exact) mass is 424 g/mol. The Labute approximate surface area is 164 Å². The molecule has 3 rings (SSSR count). The molecule has 0 radical (unpaired) electrons. The van der Waals surface area contributed by atoms with Gasteiger partial charge in [-0.15, -0.1) is 0 Å². The Morgan fingerprint density at radius 1 is 1.31 bits per heavy atom. The normalized spacial score (nSPS) is 17.0. The lowest BCUT2D eigenvalue weighted by atomic mass is 9.91. The van der Waals surface area contributed by atoms with Crippen LogP contribution in [0.25, 0.3) is 0 Å². The Morgan fingerprint density at radius 3 is 2.45 bits per heavy atom. The number of benzene rings is 1. The molecule has 1 heterocycles. The summed E-state index contributed by atoms with van der Waals surface area (Å²) in [5, 5.41) is 19.1. The molecule has 0 spiro atoms. The van der Waals surface area contributed by atoms with Crippen LogP contribution in [0.2, 0.25) is 0 Å². The summed E-state index contributed by atoms with van der Waals surface area (Å²) in [6, 6.07) is 8.47.